The first-order valence-corrected chi connectivity index (χ1v) is 8.82. The van der Waals surface area contributed by atoms with Gasteiger partial charge in [0.15, 0.2) is 0 Å². The second-order valence-electron chi connectivity index (χ2n) is 7.97. The molecule has 25 heavy (non-hydrogen) atoms. The van der Waals surface area contributed by atoms with Crippen molar-refractivity contribution in [1.82, 2.24) is 4.90 Å². The van der Waals surface area contributed by atoms with E-state index < -0.39 is 5.60 Å². The number of nitrogens with zero attached hydrogens (tertiary/aromatic N) is 1. The van der Waals surface area contributed by atoms with Gasteiger partial charge in [-0.05, 0) is 39.0 Å². The molecule has 1 aromatic carbocycles. The molecule has 0 aromatic heterocycles. The van der Waals surface area contributed by atoms with Crippen LogP contribution in [0, 0.1) is 0 Å². The highest BCUT2D eigenvalue weighted by Gasteiger charge is 2.43. The highest BCUT2D eigenvalue weighted by atomic mass is 16.6. The Kier molecular flexibility index (Phi) is 4.58. The predicted molar refractivity (Wildman–Crippen MR) is 94.9 cm³/mol. The number of piperidine rings is 1. The molecule has 6 heteroatoms. The first-order valence-electron chi connectivity index (χ1n) is 8.82. The molecular formula is C19H28N2O4. The van der Waals surface area contributed by atoms with E-state index in [-0.39, 0.29) is 17.7 Å². The summed E-state index contributed by atoms with van der Waals surface area (Å²) in [5, 5.41) is 0. The molecule has 0 radical (unpaired) electrons. The number of benzene rings is 1. The summed E-state index contributed by atoms with van der Waals surface area (Å²) in [4.78, 5) is 14.0. The van der Waals surface area contributed by atoms with Crippen LogP contribution in [0.25, 0.3) is 0 Å². The molecule has 138 valence electrons. The molecule has 0 aliphatic carbocycles. The second-order valence-corrected chi connectivity index (χ2v) is 7.97. The van der Waals surface area contributed by atoms with Crippen molar-refractivity contribution >= 4 is 6.09 Å². The van der Waals surface area contributed by atoms with Crippen molar-refractivity contribution in [3.63, 3.8) is 0 Å². The zero-order valence-corrected chi connectivity index (χ0v) is 15.5. The second kappa shape index (κ2) is 6.41. The fourth-order valence-electron chi connectivity index (χ4n) is 3.55. The predicted octanol–water partition coefficient (Wildman–Crippen LogP) is 3.25. The zero-order chi connectivity index (χ0) is 18.2. The lowest BCUT2D eigenvalue weighted by molar-refractivity contribution is -0.0321. The van der Waals surface area contributed by atoms with Gasteiger partial charge in [-0.2, -0.15) is 0 Å². The smallest absolute Gasteiger partial charge is 0.410 e. The largest absolute Gasteiger partial charge is 0.497 e. The van der Waals surface area contributed by atoms with Crippen molar-refractivity contribution in [2.75, 3.05) is 20.2 Å². The Morgan fingerprint density at radius 2 is 2.00 bits per heavy atom. The molecular weight excluding hydrogens is 320 g/mol. The van der Waals surface area contributed by atoms with E-state index in [1.165, 1.54) is 0 Å². The molecule has 0 saturated carbocycles. The Morgan fingerprint density at radius 1 is 1.32 bits per heavy atom. The molecule has 6 nitrogen and oxygen atoms in total. The van der Waals surface area contributed by atoms with Crippen LogP contribution < -0.4 is 15.2 Å². The first kappa shape index (κ1) is 17.9. The van der Waals surface area contributed by atoms with Crippen LogP contribution in [0.1, 0.15) is 51.6 Å². The average molecular weight is 348 g/mol. The van der Waals surface area contributed by atoms with Crippen molar-refractivity contribution < 1.29 is 19.0 Å². The lowest BCUT2D eigenvalue weighted by atomic mass is 9.81. The number of amides is 1. The maximum atomic E-state index is 12.2. The van der Waals surface area contributed by atoms with Gasteiger partial charge in [-0.1, -0.05) is 0 Å². The molecule has 2 heterocycles. The SMILES string of the molecule is COc1ccc2c(c1)C(N)CC1(CCN(C(=O)OC(C)(C)C)CC1)O2. The molecule has 0 bridgehead atoms. The number of carbonyl (C=O) groups is 1. The molecule has 2 aliphatic heterocycles. The van der Waals surface area contributed by atoms with E-state index in [0.717, 1.165) is 36.3 Å². The number of nitrogens with two attached hydrogens (primary N) is 1. The fourth-order valence-corrected chi connectivity index (χ4v) is 3.55. The number of fused-ring (bicyclic) bond motifs is 1. The number of rotatable bonds is 1. The Bertz CT molecular complexity index is 645. The van der Waals surface area contributed by atoms with Crippen molar-refractivity contribution in [2.45, 2.75) is 57.3 Å². The van der Waals surface area contributed by atoms with Gasteiger partial charge in [-0.3, -0.25) is 0 Å². The average Bonchev–Trinajstić information content (AvgIpc) is 2.53. The summed E-state index contributed by atoms with van der Waals surface area (Å²) < 4.78 is 17.1. The van der Waals surface area contributed by atoms with Crippen LogP contribution in [0.2, 0.25) is 0 Å². The van der Waals surface area contributed by atoms with E-state index in [2.05, 4.69) is 0 Å². The van der Waals surface area contributed by atoms with Crippen LogP contribution in [0.15, 0.2) is 18.2 Å². The molecule has 2 aliphatic rings. The van der Waals surface area contributed by atoms with Crippen molar-refractivity contribution in [1.29, 1.82) is 0 Å². The minimum Gasteiger partial charge on any atom is -0.497 e. The first-order chi connectivity index (χ1) is 11.7. The fraction of sp³-hybridized carbons (Fsp3) is 0.632. The number of ether oxygens (including phenoxy) is 3. The summed E-state index contributed by atoms with van der Waals surface area (Å²) in [6.45, 7) is 6.88. The minimum atomic E-state index is -0.478. The molecule has 1 aromatic rings. The highest BCUT2D eigenvalue weighted by molar-refractivity contribution is 5.68. The number of hydrogen-bond donors (Lipinski definition) is 1. The van der Waals surface area contributed by atoms with Gasteiger partial charge in [0.1, 0.15) is 22.7 Å². The Morgan fingerprint density at radius 3 is 2.60 bits per heavy atom. The molecule has 1 saturated heterocycles. The monoisotopic (exact) mass is 348 g/mol. The van der Waals surface area contributed by atoms with E-state index >= 15 is 0 Å². The molecule has 1 fully saturated rings. The molecule has 3 rings (SSSR count). The van der Waals surface area contributed by atoms with Crippen molar-refractivity contribution in [3.8, 4) is 11.5 Å². The third-order valence-corrected chi connectivity index (χ3v) is 4.86. The number of hydrogen-bond acceptors (Lipinski definition) is 5. The standard InChI is InChI=1S/C19H28N2O4/c1-18(2,3)25-17(22)21-9-7-19(8-10-21)12-15(20)14-11-13(23-4)5-6-16(14)24-19/h5-6,11,15H,7-10,12,20H2,1-4H3. The van der Waals surface area contributed by atoms with Gasteiger partial charge in [0.05, 0.1) is 7.11 Å². The number of likely N-dealkylation sites (tertiary alicyclic amines) is 1. The lowest BCUT2D eigenvalue weighted by Gasteiger charge is -2.46. The molecule has 1 amide bonds. The maximum Gasteiger partial charge on any atom is 0.410 e. The van der Waals surface area contributed by atoms with E-state index in [9.17, 15) is 4.79 Å². The van der Waals surface area contributed by atoms with Crippen LogP contribution in [0.5, 0.6) is 11.5 Å². The van der Waals surface area contributed by atoms with Gasteiger partial charge in [0.2, 0.25) is 0 Å². The molecule has 2 N–H and O–H groups in total. The van der Waals surface area contributed by atoms with Crippen molar-refractivity contribution in [2.24, 2.45) is 5.73 Å². The Hall–Kier alpha value is -1.95. The van der Waals surface area contributed by atoms with Crippen LogP contribution in [-0.4, -0.2) is 42.4 Å². The topological polar surface area (TPSA) is 74.0 Å². The van der Waals surface area contributed by atoms with E-state index in [0.29, 0.717) is 13.1 Å². The third kappa shape index (κ3) is 3.84. The summed E-state index contributed by atoms with van der Waals surface area (Å²) in [6, 6.07) is 5.67. The zero-order valence-electron chi connectivity index (χ0n) is 15.5. The quantitative estimate of drug-likeness (QED) is 0.843. The van der Waals surface area contributed by atoms with E-state index in [1.54, 1.807) is 12.0 Å². The summed E-state index contributed by atoms with van der Waals surface area (Å²) >= 11 is 0. The van der Waals surface area contributed by atoms with Crippen LogP contribution >= 0.6 is 0 Å². The van der Waals surface area contributed by atoms with Crippen LogP contribution in [0.4, 0.5) is 4.79 Å². The van der Waals surface area contributed by atoms with Crippen LogP contribution in [0.3, 0.4) is 0 Å². The third-order valence-electron chi connectivity index (χ3n) is 4.86. The highest BCUT2D eigenvalue weighted by Crippen LogP contribution is 2.44. The molecule has 1 unspecified atom stereocenters. The van der Waals surface area contributed by atoms with Gasteiger partial charge < -0.3 is 24.8 Å². The lowest BCUT2D eigenvalue weighted by Crippen LogP contribution is -2.53. The summed E-state index contributed by atoms with van der Waals surface area (Å²) in [5.74, 6) is 1.61. The molecule has 1 spiro atoms. The van der Waals surface area contributed by atoms with Gasteiger partial charge in [0.25, 0.3) is 0 Å². The van der Waals surface area contributed by atoms with Gasteiger partial charge in [0, 0.05) is 44.0 Å². The summed E-state index contributed by atoms with van der Waals surface area (Å²) in [7, 11) is 1.64. The van der Waals surface area contributed by atoms with Gasteiger partial charge in [-0.25, -0.2) is 4.79 Å². The molecule has 1 atom stereocenters. The van der Waals surface area contributed by atoms with Crippen LogP contribution in [-0.2, 0) is 4.74 Å². The van der Waals surface area contributed by atoms with Gasteiger partial charge in [-0.15, -0.1) is 0 Å². The van der Waals surface area contributed by atoms with Crippen molar-refractivity contribution in [3.05, 3.63) is 23.8 Å². The summed E-state index contributed by atoms with van der Waals surface area (Å²) in [6.07, 6.45) is 2.00. The van der Waals surface area contributed by atoms with E-state index in [4.69, 9.17) is 19.9 Å². The Balaban J connectivity index is 1.68. The van der Waals surface area contributed by atoms with Gasteiger partial charge >= 0.3 is 6.09 Å². The number of carbonyl (C=O) groups excluding carboxylic acids is 1. The number of methoxy groups -OCH3 is 1. The summed E-state index contributed by atoms with van der Waals surface area (Å²) in [5.41, 5.74) is 6.61. The van der Waals surface area contributed by atoms with E-state index in [1.807, 2.05) is 39.0 Å². The minimum absolute atomic E-state index is 0.0908. The Labute approximate surface area is 149 Å². The normalized spacial score (nSPS) is 22.1. The maximum absolute atomic E-state index is 12.2.